The minimum absolute atomic E-state index is 0.588. The largest absolute Gasteiger partial charge is 0.364 e. The molecule has 0 aliphatic heterocycles. The molecule has 0 aliphatic rings. The molecule has 0 saturated heterocycles. The van der Waals surface area contributed by atoms with Gasteiger partial charge in [-0.25, -0.2) is 0 Å². The fourth-order valence-electron chi connectivity index (χ4n) is 3.13. The van der Waals surface area contributed by atoms with Crippen LogP contribution in [0.4, 0.5) is 0 Å². The molecule has 0 unspecified atom stereocenters. The number of rotatable bonds is 10. The van der Waals surface area contributed by atoms with E-state index < -0.39 is 0 Å². The molecule has 0 aliphatic carbocycles. The van der Waals surface area contributed by atoms with Crippen molar-refractivity contribution < 1.29 is 4.52 Å². The molecular formula is C23H29N5O. The minimum atomic E-state index is 0.588. The molecule has 2 N–H and O–H groups in total. The van der Waals surface area contributed by atoms with Gasteiger partial charge in [0.05, 0.1) is 6.54 Å². The van der Waals surface area contributed by atoms with E-state index in [0.717, 1.165) is 44.3 Å². The lowest BCUT2D eigenvalue weighted by Crippen LogP contribution is -2.38. The summed E-state index contributed by atoms with van der Waals surface area (Å²) in [7, 11) is 1.77. The van der Waals surface area contributed by atoms with Gasteiger partial charge in [-0.05, 0) is 17.5 Å². The lowest BCUT2D eigenvalue weighted by molar-refractivity contribution is 0.254. The Hall–Kier alpha value is -3.12. The van der Waals surface area contributed by atoms with Crippen molar-refractivity contribution in [3.8, 4) is 0 Å². The predicted molar refractivity (Wildman–Crippen MR) is 116 cm³/mol. The Morgan fingerprint density at radius 3 is 2.14 bits per heavy atom. The number of aromatic nitrogens is 1. The Morgan fingerprint density at radius 2 is 1.59 bits per heavy atom. The third-order valence-electron chi connectivity index (χ3n) is 4.59. The van der Waals surface area contributed by atoms with Crippen molar-refractivity contribution in [2.75, 3.05) is 20.1 Å². The lowest BCUT2D eigenvalue weighted by Gasteiger charge is -2.23. The summed E-state index contributed by atoms with van der Waals surface area (Å²) in [5.74, 6) is 0.769. The molecule has 0 saturated carbocycles. The quantitative estimate of drug-likeness (QED) is 0.315. The van der Waals surface area contributed by atoms with Crippen molar-refractivity contribution >= 4 is 5.96 Å². The number of nitrogens with zero attached hydrogens (tertiary/aromatic N) is 3. The zero-order valence-corrected chi connectivity index (χ0v) is 16.9. The van der Waals surface area contributed by atoms with E-state index in [9.17, 15) is 0 Å². The number of guanidine groups is 1. The molecule has 0 fully saturated rings. The molecule has 3 rings (SSSR count). The van der Waals surface area contributed by atoms with Gasteiger partial charge in [0.1, 0.15) is 12.0 Å². The molecular weight excluding hydrogens is 362 g/mol. The van der Waals surface area contributed by atoms with Gasteiger partial charge in [-0.15, -0.1) is 0 Å². The lowest BCUT2D eigenvalue weighted by atomic mass is 10.1. The number of benzene rings is 2. The Labute approximate surface area is 172 Å². The molecule has 2 aromatic carbocycles. The number of hydrogen-bond acceptors (Lipinski definition) is 4. The van der Waals surface area contributed by atoms with Gasteiger partial charge in [-0.1, -0.05) is 65.8 Å². The topological polar surface area (TPSA) is 65.7 Å². The van der Waals surface area contributed by atoms with Crippen molar-refractivity contribution in [1.29, 1.82) is 0 Å². The number of hydrogen-bond donors (Lipinski definition) is 2. The normalized spacial score (nSPS) is 11.6. The SMILES string of the molecule is CN=C(NCCCN(Cc1ccccc1)Cc1ccccc1)NCc1ccon1. The van der Waals surface area contributed by atoms with E-state index in [2.05, 4.69) is 86.3 Å². The van der Waals surface area contributed by atoms with E-state index >= 15 is 0 Å². The van der Waals surface area contributed by atoms with Crippen LogP contribution in [0.25, 0.3) is 0 Å². The highest BCUT2D eigenvalue weighted by Gasteiger charge is 2.08. The highest BCUT2D eigenvalue weighted by Crippen LogP contribution is 2.10. The monoisotopic (exact) mass is 391 g/mol. The van der Waals surface area contributed by atoms with Crippen molar-refractivity contribution in [3.63, 3.8) is 0 Å². The summed E-state index contributed by atoms with van der Waals surface area (Å²) in [6, 6.07) is 23.1. The summed E-state index contributed by atoms with van der Waals surface area (Å²) in [6.07, 6.45) is 2.59. The maximum absolute atomic E-state index is 4.85. The highest BCUT2D eigenvalue weighted by atomic mass is 16.5. The van der Waals surface area contributed by atoms with Gasteiger partial charge in [0.25, 0.3) is 0 Å². The van der Waals surface area contributed by atoms with E-state index in [1.165, 1.54) is 11.1 Å². The second kappa shape index (κ2) is 11.7. The van der Waals surface area contributed by atoms with Crippen LogP contribution in [0.1, 0.15) is 23.2 Å². The van der Waals surface area contributed by atoms with Crippen LogP contribution in [-0.2, 0) is 19.6 Å². The van der Waals surface area contributed by atoms with Gasteiger partial charge in [0.2, 0.25) is 0 Å². The van der Waals surface area contributed by atoms with Gasteiger partial charge < -0.3 is 15.2 Å². The molecule has 0 amide bonds. The van der Waals surface area contributed by atoms with Gasteiger partial charge >= 0.3 is 0 Å². The third-order valence-corrected chi connectivity index (χ3v) is 4.59. The highest BCUT2D eigenvalue weighted by molar-refractivity contribution is 5.79. The fourth-order valence-corrected chi connectivity index (χ4v) is 3.13. The zero-order chi connectivity index (χ0) is 20.2. The summed E-state index contributed by atoms with van der Waals surface area (Å²) in [6.45, 7) is 4.31. The van der Waals surface area contributed by atoms with Crippen LogP contribution in [0.2, 0.25) is 0 Å². The molecule has 6 heteroatoms. The van der Waals surface area contributed by atoms with Gasteiger partial charge in [0, 0.05) is 39.3 Å². The van der Waals surface area contributed by atoms with Crippen LogP contribution in [0.5, 0.6) is 0 Å². The molecule has 29 heavy (non-hydrogen) atoms. The molecule has 6 nitrogen and oxygen atoms in total. The molecule has 0 radical (unpaired) electrons. The average Bonchev–Trinajstić information content (AvgIpc) is 3.28. The number of aliphatic imine (C=N–C) groups is 1. The zero-order valence-electron chi connectivity index (χ0n) is 16.9. The maximum Gasteiger partial charge on any atom is 0.191 e. The summed E-state index contributed by atoms with van der Waals surface area (Å²) < 4.78 is 4.85. The Morgan fingerprint density at radius 1 is 0.931 bits per heavy atom. The van der Waals surface area contributed by atoms with Crippen LogP contribution in [0.15, 0.2) is 82.5 Å². The molecule has 1 aromatic heterocycles. The van der Waals surface area contributed by atoms with Gasteiger partial charge in [0.15, 0.2) is 5.96 Å². The smallest absolute Gasteiger partial charge is 0.191 e. The molecule has 1 heterocycles. The molecule has 3 aromatic rings. The average molecular weight is 392 g/mol. The van der Waals surface area contributed by atoms with Crippen LogP contribution in [0, 0.1) is 0 Å². The summed E-state index contributed by atoms with van der Waals surface area (Å²) >= 11 is 0. The van der Waals surface area contributed by atoms with Crippen molar-refractivity contribution in [1.82, 2.24) is 20.7 Å². The van der Waals surface area contributed by atoms with E-state index in [1.54, 1.807) is 13.3 Å². The van der Waals surface area contributed by atoms with Crippen molar-refractivity contribution in [2.45, 2.75) is 26.1 Å². The first kappa shape index (κ1) is 20.6. The number of nitrogens with one attached hydrogen (secondary N) is 2. The summed E-state index contributed by atoms with van der Waals surface area (Å²) in [5, 5.41) is 10.5. The minimum Gasteiger partial charge on any atom is -0.364 e. The van der Waals surface area contributed by atoms with E-state index in [-0.39, 0.29) is 0 Å². The van der Waals surface area contributed by atoms with Crippen LogP contribution >= 0.6 is 0 Å². The predicted octanol–water partition coefficient (Wildman–Crippen LogP) is 3.43. The molecule has 0 bridgehead atoms. The molecule has 152 valence electrons. The standard InChI is InChI=1S/C23H29N5O/c1-24-23(26-17-22-13-16-29-27-22)25-14-8-15-28(18-20-9-4-2-5-10-20)19-21-11-6-3-7-12-21/h2-7,9-13,16H,8,14-15,17-19H2,1H3,(H2,24,25,26). The Bertz CT molecular complexity index is 793. The Balaban J connectivity index is 1.46. The summed E-state index contributed by atoms with van der Waals surface area (Å²) in [4.78, 5) is 6.75. The third kappa shape index (κ3) is 7.43. The molecule has 0 atom stereocenters. The van der Waals surface area contributed by atoms with E-state index in [0.29, 0.717) is 6.54 Å². The van der Waals surface area contributed by atoms with Gasteiger partial charge in [-0.3, -0.25) is 9.89 Å². The first-order valence-corrected chi connectivity index (χ1v) is 9.97. The van der Waals surface area contributed by atoms with Crippen LogP contribution < -0.4 is 10.6 Å². The van der Waals surface area contributed by atoms with Crippen molar-refractivity contribution in [3.05, 3.63) is 89.8 Å². The van der Waals surface area contributed by atoms with Gasteiger partial charge in [-0.2, -0.15) is 0 Å². The van der Waals surface area contributed by atoms with Crippen LogP contribution in [-0.4, -0.2) is 36.2 Å². The maximum atomic E-state index is 4.85. The second-order valence-electron chi connectivity index (χ2n) is 6.88. The Kier molecular flexibility index (Phi) is 8.29. The van der Waals surface area contributed by atoms with Crippen LogP contribution in [0.3, 0.4) is 0 Å². The first-order chi connectivity index (χ1) is 14.3. The van der Waals surface area contributed by atoms with E-state index in [1.807, 2.05) is 6.07 Å². The van der Waals surface area contributed by atoms with Crippen molar-refractivity contribution in [2.24, 2.45) is 4.99 Å². The fraction of sp³-hybridized carbons (Fsp3) is 0.304. The summed E-state index contributed by atoms with van der Waals surface area (Å²) in [5.41, 5.74) is 3.52. The van der Waals surface area contributed by atoms with E-state index in [4.69, 9.17) is 4.52 Å². The molecule has 0 spiro atoms. The first-order valence-electron chi connectivity index (χ1n) is 9.97. The second-order valence-corrected chi connectivity index (χ2v) is 6.88.